The Morgan fingerprint density at radius 3 is 2.22 bits per heavy atom. The largest absolute Gasteiger partial charge is 0.338 e. The Balaban J connectivity index is 1.35. The van der Waals surface area contributed by atoms with E-state index in [9.17, 15) is 9.59 Å². The number of piperidine rings is 1. The van der Waals surface area contributed by atoms with Gasteiger partial charge in [0.05, 0.1) is 0 Å². The van der Waals surface area contributed by atoms with Gasteiger partial charge in [0.25, 0.3) is 0 Å². The van der Waals surface area contributed by atoms with Crippen molar-refractivity contribution in [2.24, 2.45) is 5.92 Å². The molecule has 1 saturated heterocycles. The Hall–Kier alpha value is -2.66. The number of hydrogen-bond acceptors (Lipinski definition) is 3. The summed E-state index contributed by atoms with van der Waals surface area (Å²) in [6, 6.07) is 18.9. The smallest absolute Gasteiger partial charge is 0.223 e. The predicted molar refractivity (Wildman–Crippen MR) is 147 cm³/mol. The minimum absolute atomic E-state index is 0.0800. The van der Waals surface area contributed by atoms with E-state index in [2.05, 4.69) is 46.2 Å². The van der Waals surface area contributed by atoms with Crippen LogP contribution in [0.25, 0.3) is 0 Å². The van der Waals surface area contributed by atoms with Gasteiger partial charge in [-0.1, -0.05) is 67.8 Å². The zero-order valence-electron chi connectivity index (χ0n) is 22.0. The van der Waals surface area contributed by atoms with E-state index in [1.807, 2.05) is 23.1 Å². The third-order valence-electron chi connectivity index (χ3n) is 7.92. The third kappa shape index (κ3) is 7.67. The van der Waals surface area contributed by atoms with Crippen LogP contribution >= 0.6 is 0 Å². The molecule has 0 saturated carbocycles. The minimum atomic E-state index is 0.0800. The fourth-order valence-electron chi connectivity index (χ4n) is 5.68. The molecule has 0 bridgehead atoms. The first-order chi connectivity index (χ1) is 17.6. The summed E-state index contributed by atoms with van der Waals surface area (Å²) in [6.07, 6.45) is 9.46. The molecule has 0 atom stereocenters. The Labute approximate surface area is 217 Å². The van der Waals surface area contributed by atoms with Crippen LogP contribution in [0.4, 0.5) is 5.69 Å². The average molecular weight is 490 g/mol. The van der Waals surface area contributed by atoms with Crippen LogP contribution in [0.15, 0.2) is 54.6 Å². The van der Waals surface area contributed by atoms with E-state index in [0.717, 1.165) is 95.3 Å². The predicted octanol–water partition coefficient (Wildman–Crippen LogP) is 5.68. The van der Waals surface area contributed by atoms with E-state index in [1.165, 1.54) is 5.56 Å². The van der Waals surface area contributed by atoms with Crippen molar-refractivity contribution in [2.45, 2.75) is 71.3 Å². The van der Waals surface area contributed by atoms with Crippen molar-refractivity contribution in [2.75, 3.05) is 37.6 Å². The lowest BCUT2D eigenvalue weighted by molar-refractivity contribution is -0.133. The molecule has 2 aromatic carbocycles. The van der Waals surface area contributed by atoms with Crippen molar-refractivity contribution in [1.29, 1.82) is 0 Å². The van der Waals surface area contributed by atoms with Crippen LogP contribution in [-0.2, 0) is 22.6 Å². The van der Waals surface area contributed by atoms with Crippen molar-refractivity contribution in [3.05, 3.63) is 65.7 Å². The summed E-state index contributed by atoms with van der Waals surface area (Å²) in [4.78, 5) is 32.5. The van der Waals surface area contributed by atoms with E-state index in [0.29, 0.717) is 18.9 Å². The fourth-order valence-corrected chi connectivity index (χ4v) is 5.68. The highest BCUT2D eigenvalue weighted by Crippen LogP contribution is 2.26. The minimum Gasteiger partial charge on any atom is -0.338 e. The highest BCUT2D eigenvalue weighted by atomic mass is 16.2. The summed E-state index contributed by atoms with van der Waals surface area (Å²) in [7, 11) is 0. The molecule has 2 aliphatic heterocycles. The van der Waals surface area contributed by atoms with Crippen molar-refractivity contribution < 1.29 is 9.59 Å². The van der Waals surface area contributed by atoms with Gasteiger partial charge >= 0.3 is 0 Å². The first-order valence-corrected chi connectivity index (χ1v) is 14.0. The van der Waals surface area contributed by atoms with Crippen molar-refractivity contribution >= 4 is 17.5 Å². The first kappa shape index (κ1) is 26.4. The van der Waals surface area contributed by atoms with Gasteiger partial charge < -0.3 is 14.7 Å². The Bertz CT molecular complexity index is 969. The molecule has 2 heterocycles. The number of benzene rings is 2. The van der Waals surface area contributed by atoms with Crippen molar-refractivity contribution in [1.82, 2.24) is 9.80 Å². The van der Waals surface area contributed by atoms with E-state index in [1.54, 1.807) is 6.92 Å². The summed E-state index contributed by atoms with van der Waals surface area (Å²) in [6.45, 7) is 7.07. The molecule has 2 aromatic rings. The molecular formula is C31H43N3O2. The molecule has 0 radical (unpaired) electrons. The quantitative estimate of drug-likeness (QED) is 0.543. The second-order valence-corrected chi connectivity index (χ2v) is 10.6. The number of fused-ring (bicyclic) bond motifs is 1. The molecule has 0 aliphatic carbocycles. The van der Waals surface area contributed by atoms with Gasteiger partial charge in [0, 0.05) is 45.2 Å². The normalized spacial score (nSPS) is 18.7. The zero-order valence-corrected chi connectivity index (χ0v) is 22.0. The van der Waals surface area contributed by atoms with Crippen LogP contribution in [0, 0.1) is 5.92 Å². The van der Waals surface area contributed by atoms with Gasteiger partial charge in [-0.25, -0.2) is 0 Å². The Morgan fingerprint density at radius 2 is 1.47 bits per heavy atom. The van der Waals surface area contributed by atoms with Gasteiger partial charge in [-0.05, 0) is 68.3 Å². The first-order valence-electron chi connectivity index (χ1n) is 14.0. The van der Waals surface area contributed by atoms with Crippen molar-refractivity contribution in [3.63, 3.8) is 0 Å². The number of hydrogen-bond donors (Lipinski definition) is 0. The zero-order chi connectivity index (χ0) is 25.2. The van der Waals surface area contributed by atoms with Crippen LogP contribution in [0.5, 0.6) is 0 Å². The molecule has 4 rings (SSSR count). The number of carbonyl (C=O) groups excluding carboxylic acids is 2. The summed E-state index contributed by atoms with van der Waals surface area (Å²) < 4.78 is 0. The standard InChI is InChI=1S/C31H43N3O2/c1-26(35)34-20-11-4-2-3-10-19-33(25-29-14-8-9-15-30(29)34)31(36)24-28-17-22-32(23-18-28)21-16-27-12-6-5-7-13-27/h5-9,12-15,28H,2-4,10-11,16-25H2,1H3. The van der Waals surface area contributed by atoms with E-state index < -0.39 is 0 Å². The van der Waals surface area contributed by atoms with Gasteiger partial charge in [0.15, 0.2) is 0 Å². The van der Waals surface area contributed by atoms with Crippen LogP contribution < -0.4 is 4.90 Å². The molecule has 5 heteroatoms. The molecule has 0 unspecified atom stereocenters. The Kier molecular flexibility index (Phi) is 9.97. The van der Waals surface area contributed by atoms with E-state index in [-0.39, 0.29) is 11.8 Å². The van der Waals surface area contributed by atoms with Crippen molar-refractivity contribution in [3.8, 4) is 0 Å². The van der Waals surface area contributed by atoms with Gasteiger partial charge in [-0.15, -0.1) is 0 Å². The third-order valence-corrected chi connectivity index (χ3v) is 7.92. The maximum atomic E-state index is 13.5. The second kappa shape index (κ2) is 13.6. The molecule has 194 valence electrons. The van der Waals surface area contributed by atoms with Crippen LogP contribution in [0.3, 0.4) is 0 Å². The van der Waals surface area contributed by atoms with E-state index >= 15 is 0 Å². The summed E-state index contributed by atoms with van der Waals surface area (Å²) >= 11 is 0. The topological polar surface area (TPSA) is 43.9 Å². The number of anilines is 1. The van der Waals surface area contributed by atoms with Gasteiger partial charge in [-0.2, -0.15) is 0 Å². The van der Waals surface area contributed by atoms with Crippen LogP contribution in [-0.4, -0.2) is 54.3 Å². The molecule has 0 spiro atoms. The lowest BCUT2D eigenvalue weighted by Gasteiger charge is -2.33. The fraction of sp³-hybridized carbons (Fsp3) is 0.548. The average Bonchev–Trinajstić information content (AvgIpc) is 2.89. The molecule has 1 fully saturated rings. The summed E-state index contributed by atoms with van der Waals surface area (Å²) in [5.41, 5.74) is 3.45. The molecule has 2 amide bonds. The maximum absolute atomic E-state index is 13.5. The molecule has 5 nitrogen and oxygen atoms in total. The van der Waals surface area contributed by atoms with Crippen LogP contribution in [0.1, 0.15) is 69.4 Å². The Morgan fingerprint density at radius 1 is 0.806 bits per heavy atom. The van der Waals surface area contributed by atoms with Gasteiger partial charge in [0.2, 0.25) is 11.8 Å². The lowest BCUT2D eigenvalue weighted by Crippen LogP contribution is -2.38. The summed E-state index contributed by atoms with van der Waals surface area (Å²) in [5, 5.41) is 0. The molecule has 0 N–H and O–H groups in total. The number of rotatable bonds is 5. The molecule has 2 aliphatic rings. The molecule has 36 heavy (non-hydrogen) atoms. The number of likely N-dealkylation sites (tertiary alicyclic amines) is 1. The maximum Gasteiger partial charge on any atom is 0.223 e. The number of nitrogens with zero attached hydrogens (tertiary/aromatic N) is 3. The lowest BCUT2D eigenvalue weighted by atomic mass is 9.92. The highest BCUT2D eigenvalue weighted by molar-refractivity contribution is 5.92. The number of amides is 2. The second-order valence-electron chi connectivity index (χ2n) is 10.6. The highest BCUT2D eigenvalue weighted by Gasteiger charge is 2.25. The summed E-state index contributed by atoms with van der Waals surface area (Å²) in [5.74, 6) is 0.825. The van der Waals surface area contributed by atoms with Crippen LogP contribution in [0.2, 0.25) is 0 Å². The number of carbonyl (C=O) groups is 2. The van der Waals surface area contributed by atoms with Gasteiger partial charge in [-0.3, -0.25) is 9.59 Å². The van der Waals surface area contributed by atoms with Gasteiger partial charge in [0.1, 0.15) is 0 Å². The molecular weight excluding hydrogens is 446 g/mol. The SMILES string of the molecule is CC(=O)N1CCCCCCCN(C(=O)CC2CCN(CCc3ccccc3)CC2)Cc2ccccc21. The monoisotopic (exact) mass is 489 g/mol. The number of para-hydroxylation sites is 1. The van der Waals surface area contributed by atoms with E-state index in [4.69, 9.17) is 0 Å². The molecule has 0 aromatic heterocycles.